The molecule has 0 bridgehead atoms. The highest BCUT2D eigenvalue weighted by Crippen LogP contribution is 2.15. The topological polar surface area (TPSA) is 30.5 Å². The van der Waals surface area contributed by atoms with E-state index in [0.29, 0.717) is 6.61 Å². The maximum atomic E-state index is 5.67. The largest absolute Gasteiger partial charge is 0.493 e. The molecule has 1 aromatic carbocycles. The Hall–Kier alpha value is -1.06. The first-order valence-electron chi connectivity index (χ1n) is 6.31. The summed E-state index contributed by atoms with van der Waals surface area (Å²) < 4.78 is 11.1. The Morgan fingerprint density at radius 2 is 1.94 bits per heavy atom. The summed E-state index contributed by atoms with van der Waals surface area (Å²) in [6, 6.07) is 8.07. The van der Waals surface area contributed by atoms with Crippen molar-refractivity contribution in [3.8, 4) is 5.75 Å². The Kier molecular flexibility index (Phi) is 7.43. The van der Waals surface area contributed by atoms with Crippen LogP contribution in [0.25, 0.3) is 0 Å². The van der Waals surface area contributed by atoms with Gasteiger partial charge in [0.1, 0.15) is 5.75 Å². The lowest BCUT2D eigenvalue weighted by Crippen LogP contribution is -2.19. The minimum atomic E-state index is 0.714. The van der Waals surface area contributed by atoms with Crippen LogP contribution in [0.3, 0.4) is 0 Å². The molecule has 0 aliphatic carbocycles. The molecule has 3 nitrogen and oxygen atoms in total. The predicted molar refractivity (Wildman–Crippen MR) is 70.7 cm³/mol. The molecule has 0 aliphatic rings. The van der Waals surface area contributed by atoms with Crippen molar-refractivity contribution in [2.45, 2.75) is 20.3 Å². The van der Waals surface area contributed by atoms with E-state index in [1.54, 1.807) is 0 Å². The molecular formula is C14H23NO2. The van der Waals surface area contributed by atoms with Gasteiger partial charge in [-0.05, 0) is 25.1 Å². The molecule has 0 atom stereocenters. The average Bonchev–Trinajstić information content (AvgIpc) is 2.35. The molecule has 0 amide bonds. The van der Waals surface area contributed by atoms with Crippen molar-refractivity contribution in [3.05, 3.63) is 29.8 Å². The molecule has 0 fully saturated rings. The Morgan fingerprint density at radius 3 is 2.71 bits per heavy atom. The van der Waals surface area contributed by atoms with E-state index in [2.05, 4.69) is 25.2 Å². The zero-order chi connectivity index (χ0) is 12.3. The Morgan fingerprint density at radius 1 is 1.12 bits per heavy atom. The number of rotatable bonds is 9. The SMILES string of the molecule is CCNCCOCCCOc1ccccc1C. The van der Waals surface area contributed by atoms with E-state index >= 15 is 0 Å². The molecule has 1 N–H and O–H groups in total. The van der Waals surface area contributed by atoms with Crippen molar-refractivity contribution >= 4 is 0 Å². The number of hydrogen-bond acceptors (Lipinski definition) is 3. The van der Waals surface area contributed by atoms with Gasteiger partial charge in [0.15, 0.2) is 0 Å². The van der Waals surface area contributed by atoms with Gasteiger partial charge in [-0.3, -0.25) is 0 Å². The van der Waals surface area contributed by atoms with Gasteiger partial charge in [-0.2, -0.15) is 0 Å². The van der Waals surface area contributed by atoms with Gasteiger partial charge in [0.05, 0.1) is 13.2 Å². The van der Waals surface area contributed by atoms with Crippen LogP contribution in [-0.2, 0) is 4.74 Å². The summed E-state index contributed by atoms with van der Waals surface area (Å²) in [5, 5.41) is 3.22. The third-order valence-corrected chi connectivity index (χ3v) is 2.46. The summed E-state index contributed by atoms with van der Waals surface area (Å²) in [4.78, 5) is 0. The lowest BCUT2D eigenvalue weighted by atomic mass is 10.2. The van der Waals surface area contributed by atoms with E-state index in [0.717, 1.165) is 38.5 Å². The Balaban J connectivity index is 1.99. The second kappa shape index (κ2) is 9.02. The number of benzene rings is 1. The van der Waals surface area contributed by atoms with Crippen LogP contribution >= 0.6 is 0 Å². The van der Waals surface area contributed by atoms with Crippen LogP contribution in [0.15, 0.2) is 24.3 Å². The first-order valence-corrected chi connectivity index (χ1v) is 6.31. The molecule has 0 aliphatic heterocycles. The molecule has 0 aromatic heterocycles. The van der Waals surface area contributed by atoms with Crippen LogP contribution in [0.1, 0.15) is 18.9 Å². The maximum absolute atomic E-state index is 5.67. The molecule has 96 valence electrons. The summed E-state index contributed by atoms with van der Waals surface area (Å²) in [6.45, 7) is 8.33. The van der Waals surface area contributed by atoms with Gasteiger partial charge in [-0.25, -0.2) is 0 Å². The third-order valence-electron chi connectivity index (χ3n) is 2.46. The highest BCUT2D eigenvalue weighted by molar-refractivity contribution is 5.31. The summed E-state index contributed by atoms with van der Waals surface area (Å²) in [7, 11) is 0. The zero-order valence-electron chi connectivity index (χ0n) is 10.9. The third kappa shape index (κ3) is 6.29. The highest BCUT2D eigenvalue weighted by atomic mass is 16.5. The first kappa shape index (κ1) is 14.0. The molecule has 0 spiro atoms. The minimum absolute atomic E-state index is 0.714. The minimum Gasteiger partial charge on any atom is -0.493 e. The van der Waals surface area contributed by atoms with Gasteiger partial charge in [-0.1, -0.05) is 25.1 Å². The van der Waals surface area contributed by atoms with Crippen LogP contribution in [0, 0.1) is 6.92 Å². The van der Waals surface area contributed by atoms with Crippen molar-refractivity contribution in [3.63, 3.8) is 0 Å². The van der Waals surface area contributed by atoms with E-state index in [4.69, 9.17) is 9.47 Å². The van der Waals surface area contributed by atoms with Gasteiger partial charge in [0.2, 0.25) is 0 Å². The summed E-state index contributed by atoms with van der Waals surface area (Å²) in [6.07, 6.45) is 0.931. The normalized spacial score (nSPS) is 10.5. The molecule has 0 heterocycles. The number of likely N-dealkylation sites (N-methyl/N-ethyl adjacent to an activating group) is 1. The van der Waals surface area contributed by atoms with Gasteiger partial charge >= 0.3 is 0 Å². The van der Waals surface area contributed by atoms with Gasteiger partial charge in [0, 0.05) is 19.6 Å². The monoisotopic (exact) mass is 237 g/mol. The maximum Gasteiger partial charge on any atom is 0.122 e. The van der Waals surface area contributed by atoms with E-state index in [-0.39, 0.29) is 0 Å². The van der Waals surface area contributed by atoms with Crippen LogP contribution in [0.4, 0.5) is 0 Å². The first-order chi connectivity index (χ1) is 8.34. The molecule has 17 heavy (non-hydrogen) atoms. The summed E-state index contributed by atoms with van der Waals surface area (Å²) in [5.41, 5.74) is 1.18. The van der Waals surface area contributed by atoms with Crippen molar-refractivity contribution in [1.29, 1.82) is 0 Å². The quantitative estimate of drug-likeness (QED) is 0.669. The van der Waals surface area contributed by atoms with Crippen LogP contribution in [0.2, 0.25) is 0 Å². The van der Waals surface area contributed by atoms with E-state index < -0.39 is 0 Å². The standard InChI is InChI=1S/C14H23NO2/c1-3-15-9-12-16-10-6-11-17-14-8-5-4-7-13(14)2/h4-5,7-8,15H,3,6,9-12H2,1-2H3. The van der Waals surface area contributed by atoms with Crippen molar-refractivity contribution in [1.82, 2.24) is 5.32 Å². The van der Waals surface area contributed by atoms with E-state index in [9.17, 15) is 0 Å². The second-order valence-corrected chi connectivity index (χ2v) is 3.93. The molecule has 0 unspecified atom stereocenters. The highest BCUT2D eigenvalue weighted by Gasteiger charge is 1.97. The predicted octanol–water partition coefficient (Wildman–Crippen LogP) is 2.39. The van der Waals surface area contributed by atoms with Crippen LogP contribution < -0.4 is 10.1 Å². The van der Waals surface area contributed by atoms with Crippen LogP contribution in [0.5, 0.6) is 5.75 Å². The fraction of sp³-hybridized carbons (Fsp3) is 0.571. The number of aryl methyl sites for hydroxylation is 1. The molecule has 0 saturated heterocycles. The van der Waals surface area contributed by atoms with Crippen molar-refractivity contribution in [2.75, 3.05) is 32.9 Å². The Labute approximate surface area is 104 Å². The summed E-state index contributed by atoms with van der Waals surface area (Å²) >= 11 is 0. The fourth-order valence-electron chi connectivity index (χ4n) is 1.48. The summed E-state index contributed by atoms with van der Waals surface area (Å²) in [5.74, 6) is 0.972. The molecular weight excluding hydrogens is 214 g/mol. The fourth-order valence-corrected chi connectivity index (χ4v) is 1.48. The van der Waals surface area contributed by atoms with E-state index in [1.807, 2.05) is 18.2 Å². The smallest absolute Gasteiger partial charge is 0.122 e. The zero-order valence-corrected chi connectivity index (χ0v) is 10.9. The van der Waals surface area contributed by atoms with Crippen molar-refractivity contribution in [2.24, 2.45) is 0 Å². The molecule has 1 aromatic rings. The molecule has 0 saturated carbocycles. The molecule has 1 rings (SSSR count). The van der Waals surface area contributed by atoms with E-state index in [1.165, 1.54) is 5.56 Å². The number of ether oxygens (including phenoxy) is 2. The number of para-hydroxylation sites is 1. The molecule has 3 heteroatoms. The van der Waals surface area contributed by atoms with Crippen molar-refractivity contribution < 1.29 is 9.47 Å². The lowest BCUT2D eigenvalue weighted by Gasteiger charge is -2.09. The number of nitrogens with one attached hydrogen (secondary N) is 1. The van der Waals surface area contributed by atoms with Gasteiger partial charge in [0.25, 0.3) is 0 Å². The van der Waals surface area contributed by atoms with Gasteiger partial charge < -0.3 is 14.8 Å². The number of hydrogen-bond donors (Lipinski definition) is 1. The van der Waals surface area contributed by atoms with Crippen LogP contribution in [-0.4, -0.2) is 32.9 Å². The van der Waals surface area contributed by atoms with Gasteiger partial charge in [-0.15, -0.1) is 0 Å². The average molecular weight is 237 g/mol. The second-order valence-electron chi connectivity index (χ2n) is 3.93. The molecule has 0 radical (unpaired) electrons. The lowest BCUT2D eigenvalue weighted by molar-refractivity contribution is 0.121. The Bertz CT molecular complexity index is 302.